The third-order valence-electron chi connectivity index (χ3n) is 5.29. The Bertz CT molecular complexity index is 1530. The first kappa shape index (κ1) is 22.6. The van der Waals surface area contributed by atoms with E-state index in [4.69, 9.17) is 9.47 Å². The molecule has 0 saturated heterocycles. The third-order valence-corrected chi connectivity index (χ3v) is 5.29. The van der Waals surface area contributed by atoms with Crippen molar-refractivity contribution < 1.29 is 19.1 Å². The van der Waals surface area contributed by atoms with Crippen molar-refractivity contribution in [3.63, 3.8) is 0 Å². The van der Waals surface area contributed by atoms with Crippen LogP contribution in [0.1, 0.15) is 10.5 Å². The Morgan fingerprint density at radius 1 is 0.833 bits per heavy atom. The molecule has 0 fully saturated rings. The average Bonchev–Trinajstić information content (AvgIpc) is 3.32. The summed E-state index contributed by atoms with van der Waals surface area (Å²) in [6.45, 7) is 0. The summed E-state index contributed by atoms with van der Waals surface area (Å²) in [5.74, 6) is 1.26. The first-order chi connectivity index (χ1) is 17.6. The molecule has 0 radical (unpaired) electrons. The number of hydrogen-bond donors (Lipinski definition) is 2. The predicted octanol–water partition coefficient (Wildman–Crippen LogP) is 5.18. The number of nitrogens with one attached hydrogen (secondary N) is 2. The molecule has 0 saturated carbocycles. The molecule has 36 heavy (non-hydrogen) atoms. The number of pyridine rings is 1. The molecule has 0 atom stereocenters. The van der Waals surface area contributed by atoms with E-state index in [9.17, 15) is 9.59 Å². The lowest BCUT2D eigenvalue weighted by molar-refractivity contribution is 0.0957. The number of benzene rings is 3. The van der Waals surface area contributed by atoms with Crippen molar-refractivity contribution in [2.45, 2.75) is 0 Å². The number of imidazole rings is 1. The maximum Gasteiger partial charge on any atom is 0.417 e. The highest BCUT2D eigenvalue weighted by Gasteiger charge is 2.10. The number of fused-ring (bicyclic) bond motifs is 1. The van der Waals surface area contributed by atoms with Gasteiger partial charge in [0, 0.05) is 36.8 Å². The van der Waals surface area contributed by atoms with Gasteiger partial charge in [0.15, 0.2) is 0 Å². The lowest BCUT2D eigenvalue weighted by atomic mass is 10.2. The van der Waals surface area contributed by atoms with Crippen LogP contribution >= 0.6 is 0 Å². The topological polar surface area (TPSA) is 107 Å². The second kappa shape index (κ2) is 9.98. The van der Waals surface area contributed by atoms with Gasteiger partial charge in [0.05, 0.1) is 11.0 Å². The summed E-state index contributed by atoms with van der Waals surface area (Å²) in [5, 5.41) is 5.25. The van der Waals surface area contributed by atoms with Gasteiger partial charge in [-0.05, 0) is 54.6 Å². The van der Waals surface area contributed by atoms with E-state index in [0.29, 0.717) is 22.9 Å². The van der Waals surface area contributed by atoms with E-state index >= 15 is 0 Å². The van der Waals surface area contributed by atoms with Gasteiger partial charge in [-0.15, -0.1) is 0 Å². The number of amides is 2. The molecule has 5 rings (SSSR count). The molecule has 2 aromatic heterocycles. The summed E-state index contributed by atoms with van der Waals surface area (Å²) in [6.07, 6.45) is 2.68. The minimum Gasteiger partial charge on any atom is -0.457 e. The number of hydrogen-bond acceptors (Lipinski definition) is 6. The summed E-state index contributed by atoms with van der Waals surface area (Å²) in [5.41, 5.74) is 3.37. The molecule has 0 aliphatic carbocycles. The van der Waals surface area contributed by atoms with E-state index in [2.05, 4.69) is 20.6 Å². The molecule has 9 heteroatoms. The molecule has 2 amide bonds. The van der Waals surface area contributed by atoms with Crippen molar-refractivity contribution in [1.29, 1.82) is 0 Å². The van der Waals surface area contributed by atoms with Crippen molar-refractivity contribution in [1.82, 2.24) is 19.9 Å². The summed E-state index contributed by atoms with van der Waals surface area (Å²) < 4.78 is 13.1. The molecular formula is C27H21N5O4. The van der Waals surface area contributed by atoms with Crippen molar-refractivity contribution in [3.05, 3.63) is 103 Å². The standard InChI is InChI=1S/C27H21N5O4/c1-28-26(33)24-16-22(13-14-29-24)35-21-11-12-25-23(15-21)30-17-32(25)19-9-7-18(8-10-19)31-27(34)36-20-5-3-2-4-6-20/h2-17H,1H3,(H,28,33)(H,31,34). The van der Waals surface area contributed by atoms with Crippen molar-refractivity contribution in [3.8, 4) is 22.9 Å². The van der Waals surface area contributed by atoms with Crippen LogP contribution in [0.25, 0.3) is 16.7 Å². The van der Waals surface area contributed by atoms with E-state index in [1.165, 1.54) is 6.20 Å². The molecule has 3 aromatic carbocycles. The number of anilines is 1. The van der Waals surface area contributed by atoms with Crippen molar-refractivity contribution in [2.75, 3.05) is 12.4 Å². The molecule has 178 valence electrons. The Balaban J connectivity index is 1.29. The number of ether oxygens (including phenoxy) is 2. The minimum absolute atomic E-state index is 0.270. The maximum absolute atomic E-state index is 12.1. The summed E-state index contributed by atoms with van der Waals surface area (Å²) in [6, 6.07) is 25.0. The van der Waals surface area contributed by atoms with E-state index in [0.717, 1.165) is 16.7 Å². The summed E-state index contributed by atoms with van der Waals surface area (Å²) in [4.78, 5) is 32.5. The van der Waals surface area contributed by atoms with Crippen LogP contribution in [0.3, 0.4) is 0 Å². The van der Waals surface area contributed by atoms with Gasteiger partial charge in [-0.1, -0.05) is 18.2 Å². The minimum atomic E-state index is -0.564. The van der Waals surface area contributed by atoms with Crippen LogP contribution in [0.2, 0.25) is 0 Å². The highest BCUT2D eigenvalue weighted by atomic mass is 16.6. The Kier molecular flexibility index (Phi) is 6.27. The van der Waals surface area contributed by atoms with Crippen molar-refractivity contribution >= 4 is 28.7 Å². The zero-order valence-corrected chi connectivity index (χ0v) is 19.2. The summed E-state index contributed by atoms with van der Waals surface area (Å²) >= 11 is 0. The number of para-hydroxylation sites is 1. The summed E-state index contributed by atoms with van der Waals surface area (Å²) in [7, 11) is 1.55. The van der Waals surface area contributed by atoms with Gasteiger partial charge in [-0.2, -0.15) is 0 Å². The zero-order chi connectivity index (χ0) is 24.9. The van der Waals surface area contributed by atoms with Gasteiger partial charge in [0.1, 0.15) is 29.3 Å². The van der Waals surface area contributed by atoms with Crippen LogP contribution in [0.5, 0.6) is 17.2 Å². The van der Waals surface area contributed by atoms with Gasteiger partial charge in [-0.25, -0.2) is 9.78 Å². The zero-order valence-electron chi connectivity index (χ0n) is 19.2. The van der Waals surface area contributed by atoms with Crippen LogP contribution < -0.4 is 20.1 Å². The molecule has 2 heterocycles. The van der Waals surface area contributed by atoms with Gasteiger partial charge in [-0.3, -0.25) is 19.7 Å². The molecule has 0 aliphatic rings. The normalized spacial score (nSPS) is 10.6. The molecule has 5 aromatic rings. The number of carbonyl (C=O) groups excluding carboxylic acids is 2. The van der Waals surface area contributed by atoms with E-state index in [1.807, 2.05) is 41.0 Å². The second-order valence-corrected chi connectivity index (χ2v) is 7.70. The largest absolute Gasteiger partial charge is 0.457 e. The fourth-order valence-corrected chi connectivity index (χ4v) is 3.57. The SMILES string of the molecule is CNC(=O)c1cc(Oc2ccc3c(c2)ncn3-c2ccc(NC(=O)Oc3ccccc3)cc2)ccn1. The fourth-order valence-electron chi connectivity index (χ4n) is 3.57. The highest BCUT2D eigenvalue weighted by molar-refractivity contribution is 5.92. The second-order valence-electron chi connectivity index (χ2n) is 7.70. The Labute approximate surface area is 206 Å². The van der Waals surface area contributed by atoms with E-state index < -0.39 is 6.09 Å². The van der Waals surface area contributed by atoms with Crippen LogP contribution in [0.4, 0.5) is 10.5 Å². The first-order valence-electron chi connectivity index (χ1n) is 11.1. The molecule has 9 nitrogen and oxygen atoms in total. The predicted molar refractivity (Wildman–Crippen MR) is 135 cm³/mol. The third kappa shape index (κ3) is 5.00. The number of nitrogens with zero attached hydrogens (tertiary/aromatic N) is 3. The smallest absolute Gasteiger partial charge is 0.417 e. The molecule has 0 aliphatic heterocycles. The molecular weight excluding hydrogens is 458 g/mol. The van der Waals surface area contributed by atoms with Crippen LogP contribution in [0.15, 0.2) is 97.5 Å². The van der Waals surface area contributed by atoms with E-state index in [-0.39, 0.29) is 11.6 Å². The van der Waals surface area contributed by atoms with Crippen molar-refractivity contribution in [2.24, 2.45) is 0 Å². The molecule has 0 bridgehead atoms. The van der Waals surface area contributed by atoms with Gasteiger partial charge < -0.3 is 14.8 Å². The quantitative estimate of drug-likeness (QED) is 0.347. The fraction of sp³-hybridized carbons (Fsp3) is 0.0370. The van der Waals surface area contributed by atoms with Crippen LogP contribution in [-0.4, -0.2) is 33.6 Å². The Hall–Kier alpha value is -5.18. The molecule has 0 spiro atoms. The number of carbonyl (C=O) groups is 2. The molecule has 0 unspecified atom stereocenters. The van der Waals surface area contributed by atoms with Gasteiger partial charge >= 0.3 is 6.09 Å². The average molecular weight is 479 g/mol. The van der Waals surface area contributed by atoms with E-state index in [1.54, 1.807) is 61.9 Å². The maximum atomic E-state index is 12.1. The van der Waals surface area contributed by atoms with Crippen LogP contribution in [0, 0.1) is 0 Å². The number of aromatic nitrogens is 3. The highest BCUT2D eigenvalue weighted by Crippen LogP contribution is 2.27. The van der Waals surface area contributed by atoms with Crippen LogP contribution in [-0.2, 0) is 0 Å². The lowest BCUT2D eigenvalue weighted by Crippen LogP contribution is -2.18. The first-order valence-corrected chi connectivity index (χ1v) is 11.1. The number of rotatable bonds is 6. The Morgan fingerprint density at radius 3 is 2.39 bits per heavy atom. The van der Waals surface area contributed by atoms with Gasteiger partial charge in [0.2, 0.25) is 0 Å². The van der Waals surface area contributed by atoms with Gasteiger partial charge in [0.25, 0.3) is 5.91 Å². The molecule has 2 N–H and O–H groups in total. The monoisotopic (exact) mass is 479 g/mol. The Morgan fingerprint density at radius 2 is 1.61 bits per heavy atom. The lowest BCUT2D eigenvalue weighted by Gasteiger charge is -2.09.